The third-order valence-electron chi connectivity index (χ3n) is 4.59. The Morgan fingerprint density at radius 2 is 2.04 bits per heavy atom. The number of nitrogen functional groups attached to an aromatic ring is 1. The highest BCUT2D eigenvalue weighted by atomic mass is 16.3. The Balaban J connectivity index is 2.19. The molecule has 2 aromatic heterocycles. The zero-order valence-corrected chi connectivity index (χ0v) is 14.1. The molecule has 0 bridgehead atoms. The summed E-state index contributed by atoms with van der Waals surface area (Å²) >= 11 is 0. The molecule has 6 nitrogen and oxygen atoms in total. The Labute approximate surface area is 137 Å². The van der Waals surface area contributed by atoms with Gasteiger partial charge in [0.25, 0.3) is 0 Å². The number of hydrogen-bond donors (Lipinski definition) is 3. The van der Waals surface area contributed by atoms with E-state index in [1.54, 1.807) is 12.4 Å². The van der Waals surface area contributed by atoms with Crippen LogP contribution in [0.5, 0.6) is 5.88 Å². The Bertz CT molecular complexity index is 622. The number of anilines is 1. The van der Waals surface area contributed by atoms with E-state index in [0.717, 1.165) is 44.3 Å². The summed E-state index contributed by atoms with van der Waals surface area (Å²) in [5.41, 5.74) is 6.35. The maximum atomic E-state index is 10.1. The number of hydrogen-bond acceptors (Lipinski definition) is 5. The number of fused-ring (bicyclic) bond motifs is 1. The van der Waals surface area contributed by atoms with Gasteiger partial charge in [-0.25, -0.2) is 4.98 Å². The first kappa shape index (κ1) is 17.5. The van der Waals surface area contributed by atoms with Gasteiger partial charge in [-0.1, -0.05) is 33.1 Å². The van der Waals surface area contributed by atoms with Gasteiger partial charge in [-0.3, -0.25) is 4.40 Å². The van der Waals surface area contributed by atoms with Gasteiger partial charge in [0.15, 0.2) is 11.3 Å². The van der Waals surface area contributed by atoms with Crippen molar-refractivity contribution in [1.82, 2.24) is 14.4 Å². The topological polar surface area (TPSA) is 96.7 Å². The van der Waals surface area contributed by atoms with E-state index in [1.807, 2.05) is 4.40 Å². The van der Waals surface area contributed by atoms with Crippen LogP contribution in [-0.4, -0.2) is 31.2 Å². The Hall–Kier alpha value is -1.82. The molecule has 128 valence electrons. The lowest BCUT2D eigenvalue weighted by molar-refractivity contribution is 0.210. The van der Waals surface area contributed by atoms with Crippen LogP contribution in [0.1, 0.15) is 64.1 Å². The molecule has 23 heavy (non-hydrogen) atoms. The van der Waals surface area contributed by atoms with E-state index in [1.165, 1.54) is 0 Å². The molecule has 0 saturated carbocycles. The lowest BCUT2D eigenvalue weighted by Crippen LogP contribution is -2.08. The van der Waals surface area contributed by atoms with Crippen molar-refractivity contribution < 1.29 is 10.2 Å². The normalized spacial score (nSPS) is 14.2. The highest BCUT2D eigenvalue weighted by molar-refractivity contribution is 5.72. The SMILES string of the molecule is CCCC(CCCC(CC)CO)c1nc(O)c2c(N)nccn12. The monoisotopic (exact) mass is 320 g/mol. The maximum absolute atomic E-state index is 10.1. The zero-order valence-electron chi connectivity index (χ0n) is 14.1. The average Bonchev–Trinajstić information content (AvgIpc) is 2.89. The van der Waals surface area contributed by atoms with Crippen LogP contribution in [0.15, 0.2) is 12.4 Å². The minimum absolute atomic E-state index is 0.0477. The number of nitrogens with zero attached hydrogens (tertiary/aromatic N) is 3. The number of aromatic hydroxyl groups is 1. The van der Waals surface area contributed by atoms with Gasteiger partial charge in [0.2, 0.25) is 5.88 Å². The Morgan fingerprint density at radius 1 is 1.26 bits per heavy atom. The molecule has 0 saturated heterocycles. The second-order valence-corrected chi connectivity index (χ2v) is 6.20. The summed E-state index contributed by atoms with van der Waals surface area (Å²) in [4.78, 5) is 8.38. The van der Waals surface area contributed by atoms with Crippen LogP contribution in [0.25, 0.3) is 5.52 Å². The highest BCUT2D eigenvalue weighted by Crippen LogP contribution is 2.32. The summed E-state index contributed by atoms with van der Waals surface area (Å²) in [5.74, 6) is 1.75. The summed E-state index contributed by atoms with van der Waals surface area (Å²) in [7, 11) is 0. The van der Waals surface area contributed by atoms with E-state index >= 15 is 0 Å². The summed E-state index contributed by atoms with van der Waals surface area (Å²) in [6.07, 6.45) is 9.56. The van der Waals surface area contributed by atoms with Gasteiger partial charge in [-0.2, -0.15) is 4.98 Å². The van der Waals surface area contributed by atoms with Crippen molar-refractivity contribution in [3.63, 3.8) is 0 Å². The molecule has 0 amide bonds. The Kier molecular flexibility index (Phi) is 6.21. The van der Waals surface area contributed by atoms with Gasteiger partial charge in [0.1, 0.15) is 5.82 Å². The molecule has 2 heterocycles. The molecule has 0 aliphatic rings. The first-order chi connectivity index (χ1) is 11.1. The van der Waals surface area contributed by atoms with Crippen molar-refractivity contribution in [3.05, 3.63) is 18.2 Å². The molecule has 0 aliphatic carbocycles. The predicted molar refractivity (Wildman–Crippen MR) is 91.4 cm³/mol. The molecule has 2 unspecified atom stereocenters. The number of imidazole rings is 1. The van der Waals surface area contributed by atoms with Crippen LogP contribution >= 0.6 is 0 Å². The quantitative estimate of drug-likeness (QED) is 0.659. The van der Waals surface area contributed by atoms with Gasteiger partial charge in [0, 0.05) is 24.9 Å². The highest BCUT2D eigenvalue weighted by Gasteiger charge is 2.21. The first-order valence-corrected chi connectivity index (χ1v) is 8.54. The molecule has 4 N–H and O–H groups in total. The number of aliphatic hydroxyl groups is 1. The minimum atomic E-state index is -0.0477. The third kappa shape index (κ3) is 3.93. The number of rotatable bonds is 9. The van der Waals surface area contributed by atoms with E-state index in [4.69, 9.17) is 5.73 Å². The lowest BCUT2D eigenvalue weighted by Gasteiger charge is -2.17. The molecular weight excluding hydrogens is 292 g/mol. The number of nitrogens with two attached hydrogens (primary N) is 1. The van der Waals surface area contributed by atoms with E-state index < -0.39 is 0 Å². The summed E-state index contributed by atoms with van der Waals surface area (Å²) in [5, 5.41) is 19.4. The van der Waals surface area contributed by atoms with Crippen LogP contribution in [-0.2, 0) is 0 Å². The molecule has 6 heteroatoms. The molecule has 0 aromatic carbocycles. The van der Waals surface area contributed by atoms with Crippen molar-refractivity contribution in [2.45, 2.75) is 58.3 Å². The van der Waals surface area contributed by atoms with Crippen LogP contribution in [0.2, 0.25) is 0 Å². The lowest BCUT2D eigenvalue weighted by atomic mass is 9.92. The number of aromatic nitrogens is 3. The standard InChI is InChI=1S/C17H28N4O2/c1-3-6-13(8-5-7-12(4-2)11-22)16-20-17(23)14-15(18)19-9-10-21(14)16/h9-10,12-13,22-23H,3-8,11H2,1-2H3,(H2,18,19). The van der Waals surface area contributed by atoms with Gasteiger partial charge < -0.3 is 15.9 Å². The smallest absolute Gasteiger partial charge is 0.241 e. The Morgan fingerprint density at radius 3 is 2.70 bits per heavy atom. The summed E-state index contributed by atoms with van der Waals surface area (Å²) in [6, 6.07) is 0. The molecule has 0 spiro atoms. The van der Waals surface area contributed by atoms with Gasteiger partial charge in [0.05, 0.1) is 0 Å². The fourth-order valence-corrected chi connectivity index (χ4v) is 3.18. The van der Waals surface area contributed by atoms with Crippen LogP contribution < -0.4 is 5.73 Å². The minimum Gasteiger partial charge on any atom is -0.492 e. The maximum Gasteiger partial charge on any atom is 0.241 e. The molecule has 0 radical (unpaired) electrons. The molecular formula is C17H28N4O2. The predicted octanol–water partition coefficient (Wildman–Crippen LogP) is 3.09. The van der Waals surface area contributed by atoms with Crippen molar-refractivity contribution in [3.8, 4) is 5.88 Å². The molecule has 0 aliphatic heterocycles. The van der Waals surface area contributed by atoms with Gasteiger partial charge in [-0.15, -0.1) is 0 Å². The van der Waals surface area contributed by atoms with E-state index in [2.05, 4.69) is 23.8 Å². The van der Waals surface area contributed by atoms with Crippen molar-refractivity contribution >= 4 is 11.3 Å². The van der Waals surface area contributed by atoms with Crippen LogP contribution in [0.3, 0.4) is 0 Å². The fourth-order valence-electron chi connectivity index (χ4n) is 3.18. The summed E-state index contributed by atoms with van der Waals surface area (Å²) < 4.78 is 1.86. The molecule has 2 aromatic rings. The molecule has 2 atom stereocenters. The second kappa shape index (κ2) is 8.15. The van der Waals surface area contributed by atoms with E-state index in [-0.39, 0.29) is 18.4 Å². The molecule has 0 fully saturated rings. The third-order valence-corrected chi connectivity index (χ3v) is 4.59. The van der Waals surface area contributed by atoms with Crippen molar-refractivity contribution in [2.24, 2.45) is 5.92 Å². The van der Waals surface area contributed by atoms with E-state index in [9.17, 15) is 10.2 Å². The average molecular weight is 320 g/mol. The van der Waals surface area contributed by atoms with E-state index in [0.29, 0.717) is 17.3 Å². The fraction of sp³-hybridized carbons (Fsp3) is 0.647. The second-order valence-electron chi connectivity index (χ2n) is 6.20. The largest absolute Gasteiger partial charge is 0.492 e. The van der Waals surface area contributed by atoms with Crippen molar-refractivity contribution in [2.75, 3.05) is 12.3 Å². The van der Waals surface area contributed by atoms with Crippen LogP contribution in [0.4, 0.5) is 5.82 Å². The summed E-state index contributed by atoms with van der Waals surface area (Å²) in [6.45, 7) is 4.52. The first-order valence-electron chi connectivity index (χ1n) is 8.54. The zero-order chi connectivity index (χ0) is 16.8. The van der Waals surface area contributed by atoms with Gasteiger partial charge >= 0.3 is 0 Å². The van der Waals surface area contributed by atoms with Crippen LogP contribution in [0, 0.1) is 5.92 Å². The number of aliphatic hydroxyl groups excluding tert-OH is 1. The molecule has 2 rings (SSSR count). The van der Waals surface area contributed by atoms with Gasteiger partial charge in [-0.05, 0) is 25.2 Å². The van der Waals surface area contributed by atoms with Crippen molar-refractivity contribution in [1.29, 1.82) is 0 Å².